The molecule has 2 rings (SSSR count). The summed E-state index contributed by atoms with van der Waals surface area (Å²) in [4.78, 5) is 14.5. The number of β-amino-alcohol motifs (C(OH)–C–C–N with tert-alkyl or cyclic N) is 1. The van der Waals surface area contributed by atoms with E-state index in [4.69, 9.17) is 0 Å². The van der Waals surface area contributed by atoms with Crippen LogP contribution in [0.5, 0.6) is 0 Å². The third kappa shape index (κ3) is 2.63. The van der Waals surface area contributed by atoms with Gasteiger partial charge >= 0.3 is 0 Å². The summed E-state index contributed by atoms with van der Waals surface area (Å²) in [6.07, 6.45) is 4.25. The Morgan fingerprint density at radius 2 is 2.18 bits per heavy atom. The van der Waals surface area contributed by atoms with Crippen LogP contribution in [0, 0.1) is 5.41 Å². The summed E-state index contributed by atoms with van der Waals surface area (Å²) >= 11 is 0. The highest BCUT2D eigenvalue weighted by Crippen LogP contribution is 2.35. The highest BCUT2D eigenvalue weighted by Gasteiger charge is 2.41. The Morgan fingerprint density at radius 1 is 1.47 bits per heavy atom. The molecule has 0 aliphatic carbocycles. The molecule has 1 atom stereocenters. The number of likely N-dealkylation sites (tertiary alicyclic amines) is 1. The van der Waals surface area contributed by atoms with Gasteiger partial charge in [-0.25, -0.2) is 0 Å². The standard InChI is InChI=1S/C13H24N2O2/c1-2-13(5-7-14-8-6-13)12(17)15-9-3-4-11(16)10-15/h11,14,16H,2-10H2,1H3/t11-/m0/s1. The molecule has 4 heteroatoms. The molecule has 0 bridgehead atoms. The number of piperidine rings is 2. The average molecular weight is 240 g/mol. The highest BCUT2D eigenvalue weighted by molar-refractivity contribution is 5.83. The number of rotatable bonds is 2. The Kier molecular flexibility index (Phi) is 4.05. The number of nitrogens with one attached hydrogen (secondary N) is 1. The number of hydrogen-bond donors (Lipinski definition) is 2. The Balaban J connectivity index is 2.05. The molecule has 4 nitrogen and oxygen atoms in total. The summed E-state index contributed by atoms with van der Waals surface area (Å²) in [7, 11) is 0. The highest BCUT2D eigenvalue weighted by atomic mass is 16.3. The molecule has 0 aromatic rings. The van der Waals surface area contributed by atoms with E-state index in [2.05, 4.69) is 12.2 Å². The van der Waals surface area contributed by atoms with Gasteiger partial charge in [0.25, 0.3) is 0 Å². The molecule has 0 radical (unpaired) electrons. The van der Waals surface area contributed by atoms with Crippen LogP contribution in [0.2, 0.25) is 0 Å². The van der Waals surface area contributed by atoms with Gasteiger partial charge in [-0.05, 0) is 45.2 Å². The van der Waals surface area contributed by atoms with Crippen molar-refractivity contribution in [2.24, 2.45) is 5.41 Å². The zero-order valence-electron chi connectivity index (χ0n) is 10.7. The van der Waals surface area contributed by atoms with Crippen molar-refractivity contribution in [2.45, 2.75) is 45.1 Å². The van der Waals surface area contributed by atoms with Crippen molar-refractivity contribution in [1.82, 2.24) is 10.2 Å². The smallest absolute Gasteiger partial charge is 0.228 e. The first kappa shape index (κ1) is 12.8. The molecular formula is C13H24N2O2. The SMILES string of the molecule is CCC1(C(=O)N2CCC[C@H](O)C2)CCNCC1. The van der Waals surface area contributed by atoms with Crippen molar-refractivity contribution in [3.8, 4) is 0 Å². The van der Waals surface area contributed by atoms with Gasteiger partial charge in [0.15, 0.2) is 0 Å². The van der Waals surface area contributed by atoms with Crippen molar-refractivity contribution in [3.63, 3.8) is 0 Å². The zero-order chi connectivity index (χ0) is 12.3. The van der Waals surface area contributed by atoms with Crippen LogP contribution in [0.1, 0.15) is 39.0 Å². The number of carbonyl (C=O) groups excluding carboxylic acids is 1. The van der Waals surface area contributed by atoms with Crippen LogP contribution in [-0.4, -0.2) is 48.2 Å². The van der Waals surface area contributed by atoms with E-state index >= 15 is 0 Å². The van der Waals surface area contributed by atoms with E-state index in [0.717, 1.165) is 51.7 Å². The van der Waals surface area contributed by atoms with Gasteiger partial charge < -0.3 is 15.3 Å². The van der Waals surface area contributed by atoms with Crippen LogP contribution in [0.15, 0.2) is 0 Å². The van der Waals surface area contributed by atoms with Crippen molar-refractivity contribution in [3.05, 3.63) is 0 Å². The monoisotopic (exact) mass is 240 g/mol. The van der Waals surface area contributed by atoms with E-state index in [0.29, 0.717) is 6.54 Å². The van der Waals surface area contributed by atoms with Crippen LogP contribution < -0.4 is 5.32 Å². The predicted octanol–water partition coefficient (Wildman–Crippen LogP) is 0.750. The largest absolute Gasteiger partial charge is 0.391 e. The second-order valence-electron chi connectivity index (χ2n) is 5.43. The third-order valence-electron chi connectivity index (χ3n) is 4.37. The number of aliphatic hydroxyl groups excluding tert-OH is 1. The Morgan fingerprint density at radius 3 is 2.76 bits per heavy atom. The van der Waals surface area contributed by atoms with Crippen molar-refractivity contribution in [1.29, 1.82) is 0 Å². The van der Waals surface area contributed by atoms with E-state index in [1.807, 2.05) is 4.90 Å². The van der Waals surface area contributed by atoms with E-state index in [1.54, 1.807) is 0 Å². The van der Waals surface area contributed by atoms with Gasteiger partial charge in [-0.1, -0.05) is 6.92 Å². The summed E-state index contributed by atoms with van der Waals surface area (Å²) in [6.45, 7) is 5.36. The van der Waals surface area contributed by atoms with Gasteiger partial charge in [0.2, 0.25) is 5.91 Å². The first-order valence-corrected chi connectivity index (χ1v) is 6.86. The molecule has 2 fully saturated rings. The second-order valence-corrected chi connectivity index (χ2v) is 5.43. The van der Waals surface area contributed by atoms with Crippen molar-refractivity contribution in [2.75, 3.05) is 26.2 Å². The molecule has 0 saturated carbocycles. The Hall–Kier alpha value is -0.610. The lowest BCUT2D eigenvalue weighted by Gasteiger charge is -2.41. The summed E-state index contributed by atoms with van der Waals surface area (Å²) in [6, 6.07) is 0. The van der Waals surface area contributed by atoms with Crippen LogP contribution in [0.25, 0.3) is 0 Å². The molecule has 1 amide bonds. The average Bonchev–Trinajstić information content (AvgIpc) is 2.38. The molecule has 2 heterocycles. The molecule has 0 aromatic heterocycles. The fraction of sp³-hybridized carbons (Fsp3) is 0.923. The molecular weight excluding hydrogens is 216 g/mol. The minimum atomic E-state index is -0.316. The summed E-state index contributed by atoms with van der Waals surface area (Å²) in [5, 5.41) is 13.0. The summed E-state index contributed by atoms with van der Waals surface area (Å²) in [5.41, 5.74) is -0.164. The number of hydrogen-bond acceptors (Lipinski definition) is 3. The van der Waals surface area contributed by atoms with Gasteiger partial charge in [0.1, 0.15) is 0 Å². The van der Waals surface area contributed by atoms with Gasteiger partial charge in [0, 0.05) is 13.1 Å². The molecule has 0 unspecified atom stereocenters. The Bertz CT molecular complexity index is 275. The first-order chi connectivity index (χ1) is 8.18. The summed E-state index contributed by atoms with van der Waals surface area (Å²) in [5.74, 6) is 0.278. The van der Waals surface area contributed by atoms with E-state index < -0.39 is 0 Å². The van der Waals surface area contributed by atoms with E-state index in [-0.39, 0.29) is 17.4 Å². The lowest BCUT2D eigenvalue weighted by atomic mass is 9.75. The Labute approximate surface area is 103 Å². The van der Waals surface area contributed by atoms with Crippen LogP contribution in [0.4, 0.5) is 0 Å². The van der Waals surface area contributed by atoms with Gasteiger partial charge in [0.05, 0.1) is 11.5 Å². The number of amides is 1. The fourth-order valence-corrected chi connectivity index (χ4v) is 3.10. The molecule has 0 spiro atoms. The van der Waals surface area contributed by atoms with Crippen LogP contribution in [-0.2, 0) is 4.79 Å². The molecule has 2 saturated heterocycles. The van der Waals surface area contributed by atoms with Gasteiger partial charge in [-0.15, -0.1) is 0 Å². The minimum absolute atomic E-state index is 0.164. The van der Waals surface area contributed by atoms with Gasteiger partial charge in [-0.3, -0.25) is 4.79 Å². The molecule has 98 valence electrons. The molecule has 2 aliphatic heterocycles. The van der Waals surface area contributed by atoms with Crippen LogP contribution >= 0.6 is 0 Å². The second kappa shape index (κ2) is 5.36. The minimum Gasteiger partial charge on any atom is -0.391 e. The summed E-state index contributed by atoms with van der Waals surface area (Å²) < 4.78 is 0. The quantitative estimate of drug-likeness (QED) is 0.749. The zero-order valence-corrected chi connectivity index (χ0v) is 10.7. The first-order valence-electron chi connectivity index (χ1n) is 6.86. The van der Waals surface area contributed by atoms with E-state index in [9.17, 15) is 9.90 Å². The topological polar surface area (TPSA) is 52.6 Å². The lowest BCUT2D eigenvalue weighted by molar-refractivity contribution is -0.147. The van der Waals surface area contributed by atoms with Crippen LogP contribution in [0.3, 0.4) is 0 Å². The maximum absolute atomic E-state index is 12.6. The number of carbonyl (C=O) groups is 1. The predicted molar refractivity (Wildman–Crippen MR) is 66.6 cm³/mol. The molecule has 2 aliphatic rings. The number of aliphatic hydroxyl groups is 1. The maximum Gasteiger partial charge on any atom is 0.228 e. The lowest BCUT2D eigenvalue weighted by Crippen LogP contribution is -2.52. The normalized spacial score (nSPS) is 29.1. The maximum atomic E-state index is 12.6. The molecule has 0 aromatic carbocycles. The fourth-order valence-electron chi connectivity index (χ4n) is 3.10. The molecule has 17 heavy (non-hydrogen) atoms. The van der Waals surface area contributed by atoms with Gasteiger partial charge in [-0.2, -0.15) is 0 Å². The number of nitrogens with zero attached hydrogens (tertiary/aromatic N) is 1. The molecule has 2 N–H and O–H groups in total. The van der Waals surface area contributed by atoms with E-state index in [1.165, 1.54) is 0 Å². The third-order valence-corrected chi connectivity index (χ3v) is 4.37. The van der Waals surface area contributed by atoms with Crippen molar-refractivity contribution < 1.29 is 9.90 Å². The van der Waals surface area contributed by atoms with Crippen molar-refractivity contribution >= 4 is 5.91 Å².